The predicted octanol–water partition coefficient (Wildman–Crippen LogP) is 1.98. The van der Waals surface area contributed by atoms with Crippen LogP contribution < -0.4 is 4.74 Å². The van der Waals surface area contributed by atoms with Crippen molar-refractivity contribution in [2.75, 3.05) is 6.54 Å². The zero-order valence-corrected chi connectivity index (χ0v) is 16.8. The number of carboxylic acids is 1. The number of carboxylic acid groups (broad SMARTS) is 2. The molecule has 2 saturated heterocycles. The molecule has 0 radical (unpaired) electrons. The van der Waals surface area contributed by atoms with Gasteiger partial charge < -0.3 is 14.9 Å². The third kappa shape index (κ3) is 3.79. The number of amides is 1. The normalized spacial score (nSPS) is 23.5. The summed E-state index contributed by atoms with van der Waals surface area (Å²) in [7, 11) is -4.26. The molecule has 2 fully saturated rings. The molecule has 2 aromatic rings. The zero-order chi connectivity index (χ0) is 22.3. The van der Waals surface area contributed by atoms with Gasteiger partial charge in [0.15, 0.2) is 0 Å². The highest BCUT2D eigenvalue weighted by atomic mass is 32.2. The summed E-state index contributed by atoms with van der Waals surface area (Å²) in [6, 6.07) is 4.60. The molecule has 3 atom stereocenters. The van der Waals surface area contributed by atoms with E-state index in [4.69, 9.17) is 4.74 Å². The minimum atomic E-state index is -4.26. The molecule has 0 saturated carbocycles. The van der Waals surface area contributed by atoms with Gasteiger partial charge in [-0.2, -0.15) is 4.31 Å². The number of rotatable bonds is 5. The molecular weight excluding hydrogens is 433 g/mol. The first-order valence-corrected chi connectivity index (χ1v) is 10.8. The molecule has 2 N–H and O–H groups in total. The van der Waals surface area contributed by atoms with Crippen LogP contribution in [-0.2, 0) is 14.8 Å². The highest BCUT2D eigenvalue weighted by Gasteiger charge is 2.55. The van der Waals surface area contributed by atoms with Crippen LogP contribution in [0.15, 0.2) is 47.5 Å². The maximum Gasteiger partial charge on any atom is 0.407 e. The van der Waals surface area contributed by atoms with Crippen LogP contribution in [0.3, 0.4) is 0 Å². The maximum absolute atomic E-state index is 13.2. The Kier molecular flexibility index (Phi) is 5.27. The van der Waals surface area contributed by atoms with Crippen molar-refractivity contribution in [1.29, 1.82) is 0 Å². The Balaban J connectivity index is 1.59. The molecule has 0 spiro atoms. The van der Waals surface area contributed by atoms with Crippen molar-refractivity contribution >= 4 is 22.1 Å². The lowest BCUT2D eigenvalue weighted by Crippen LogP contribution is -2.64. The first-order valence-electron chi connectivity index (χ1n) is 9.34. The molecule has 12 heteroatoms. The molecule has 31 heavy (non-hydrogen) atoms. The van der Waals surface area contributed by atoms with Crippen molar-refractivity contribution in [2.45, 2.75) is 35.9 Å². The van der Waals surface area contributed by atoms with Crippen LogP contribution in [0.25, 0.3) is 0 Å². The van der Waals surface area contributed by atoms with E-state index in [-0.39, 0.29) is 23.7 Å². The molecule has 10 nitrogen and oxygen atoms in total. The van der Waals surface area contributed by atoms with Crippen molar-refractivity contribution in [2.24, 2.45) is 0 Å². The average Bonchev–Trinajstić information content (AvgIpc) is 3.03. The number of hydrogen-bond acceptors (Lipinski definition) is 6. The summed E-state index contributed by atoms with van der Waals surface area (Å²) in [5.74, 6) is -1.48. The van der Waals surface area contributed by atoms with Crippen LogP contribution in [0.4, 0.5) is 9.18 Å². The fraction of sp³-hybridized carbons (Fsp3) is 0.316. The van der Waals surface area contributed by atoms with Gasteiger partial charge in [-0.3, -0.25) is 9.69 Å². The SMILES string of the molecule is O=C(O)[C@@H]1[C@@H]2CC[C@H](CN1S(=O)(=O)c1ccc(Oc3ccc(F)cc3)nc1)N2C(=O)O. The van der Waals surface area contributed by atoms with Gasteiger partial charge in [0.2, 0.25) is 15.9 Å². The first kappa shape index (κ1) is 21.0. The van der Waals surface area contributed by atoms with E-state index in [1.165, 1.54) is 36.4 Å². The Bertz CT molecular complexity index is 1110. The Labute approximate surface area is 176 Å². The van der Waals surface area contributed by atoms with Gasteiger partial charge in [0.25, 0.3) is 0 Å². The number of nitrogens with zero attached hydrogens (tertiary/aromatic N) is 3. The fourth-order valence-electron chi connectivity index (χ4n) is 4.09. The van der Waals surface area contributed by atoms with E-state index in [1.807, 2.05) is 0 Å². The second-order valence-corrected chi connectivity index (χ2v) is 9.12. The van der Waals surface area contributed by atoms with Crippen molar-refractivity contribution in [1.82, 2.24) is 14.2 Å². The monoisotopic (exact) mass is 451 g/mol. The minimum Gasteiger partial charge on any atom is -0.480 e. The Hall–Kier alpha value is -3.25. The third-order valence-electron chi connectivity index (χ3n) is 5.44. The molecule has 3 heterocycles. The molecule has 0 aliphatic carbocycles. The van der Waals surface area contributed by atoms with E-state index in [1.54, 1.807) is 0 Å². The number of piperazine rings is 1. The number of benzene rings is 1. The number of fused-ring (bicyclic) bond motifs is 2. The second-order valence-electron chi connectivity index (χ2n) is 7.23. The Morgan fingerprint density at radius 3 is 2.39 bits per heavy atom. The molecule has 2 bridgehead atoms. The standard InChI is InChI=1S/C19H18FN3O7S/c20-11-1-4-13(5-2-11)30-16-8-6-14(9-21-16)31(28,29)22-10-12-3-7-15(17(22)18(24)25)23(12)19(26)27/h1-2,4-6,8-9,12,15,17H,3,7,10H2,(H,24,25)(H,26,27)/t12-,15+,17+/m1/s1. The van der Waals surface area contributed by atoms with E-state index in [2.05, 4.69) is 4.98 Å². The molecular formula is C19H18FN3O7S. The molecule has 2 aliphatic heterocycles. The van der Waals surface area contributed by atoms with Gasteiger partial charge in [0, 0.05) is 18.7 Å². The molecule has 1 amide bonds. The van der Waals surface area contributed by atoms with E-state index >= 15 is 0 Å². The highest BCUT2D eigenvalue weighted by Crippen LogP contribution is 2.37. The summed E-state index contributed by atoms with van der Waals surface area (Å²) in [6.07, 6.45) is 0.427. The predicted molar refractivity (Wildman–Crippen MR) is 103 cm³/mol. The van der Waals surface area contributed by atoms with Crippen molar-refractivity contribution in [3.8, 4) is 11.6 Å². The largest absolute Gasteiger partial charge is 0.480 e. The lowest BCUT2D eigenvalue weighted by Gasteiger charge is -2.42. The van der Waals surface area contributed by atoms with Gasteiger partial charge in [0.1, 0.15) is 22.5 Å². The Morgan fingerprint density at radius 1 is 1.10 bits per heavy atom. The fourth-order valence-corrected chi connectivity index (χ4v) is 5.68. The number of carbonyl (C=O) groups is 2. The molecule has 1 aromatic heterocycles. The molecule has 2 aliphatic rings. The zero-order valence-electron chi connectivity index (χ0n) is 16.0. The number of aliphatic carboxylic acids is 1. The van der Waals surface area contributed by atoms with Crippen LogP contribution >= 0.6 is 0 Å². The quantitative estimate of drug-likeness (QED) is 0.704. The number of aromatic nitrogens is 1. The maximum atomic E-state index is 13.2. The third-order valence-corrected chi connectivity index (χ3v) is 7.27. The average molecular weight is 451 g/mol. The van der Waals surface area contributed by atoms with Crippen LogP contribution in [-0.4, -0.2) is 69.6 Å². The number of sulfonamides is 1. The van der Waals surface area contributed by atoms with Crippen LogP contribution in [0.2, 0.25) is 0 Å². The minimum absolute atomic E-state index is 0.0658. The number of ether oxygens (including phenoxy) is 1. The van der Waals surface area contributed by atoms with E-state index in [0.29, 0.717) is 12.2 Å². The number of pyridine rings is 1. The van der Waals surface area contributed by atoms with Gasteiger partial charge in [0.05, 0.1) is 12.2 Å². The molecule has 1 aromatic carbocycles. The lowest BCUT2D eigenvalue weighted by molar-refractivity contribution is -0.144. The van der Waals surface area contributed by atoms with Crippen molar-refractivity contribution in [3.63, 3.8) is 0 Å². The van der Waals surface area contributed by atoms with Gasteiger partial charge >= 0.3 is 12.1 Å². The Morgan fingerprint density at radius 2 is 1.81 bits per heavy atom. The number of hydrogen-bond donors (Lipinski definition) is 2. The van der Waals surface area contributed by atoms with Crippen LogP contribution in [0, 0.1) is 5.82 Å². The summed E-state index contributed by atoms with van der Waals surface area (Å²) in [5, 5.41) is 19.1. The first-order chi connectivity index (χ1) is 14.7. The van der Waals surface area contributed by atoms with E-state index in [0.717, 1.165) is 15.4 Å². The molecule has 164 valence electrons. The highest BCUT2D eigenvalue weighted by molar-refractivity contribution is 7.89. The van der Waals surface area contributed by atoms with E-state index < -0.39 is 46.0 Å². The summed E-state index contributed by atoms with van der Waals surface area (Å²) < 4.78 is 45.6. The van der Waals surface area contributed by atoms with Gasteiger partial charge in [-0.15, -0.1) is 0 Å². The van der Waals surface area contributed by atoms with Crippen molar-refractivity contribution < 1.29 is 37.3 Å². The second kappa shape index (κ2) is 7.78. The van der Waals surface area contributed by atoms with Crippen LogP contribution in [0.5, 0.6) is 11.6 Å². The molecule has 0 unspecified atom stereocenters. The summed E-state index contributed by atoms with van der Waals surface area (Å²) in [5.41, 5.74) is 0. The van der Waals surface area contributed by atoms with Crippen molar-refractivity contribution in [3.05, 3.63) is 48.4 Å². The van der Waals surface area contributed by atoms with Gasteiger partial charge in [-0.25, -0.2) is 22.6 Å². The summed E-state index contributed by atoms with van der Waals surface area (Å²) in [6.45, 7) is -0.254. The summed E-state index contributed by atoms with van der Waals surface area (Å²) in [4.78, 5) is 28.2. The topological polar surface area (TPSA) is 137 Å². The number of halogens is 1. The summed E-state index contributed by atoms with van der Waals surface area (Å²) >= 11 is 0. The van der Waals surface area contributed by atoms with E-state index in [9.17, 15) is 32.6 Å². The lowest BCUT2D eigenvalue weighted by atomic mass is 10.1. The van der Waals surface area contributed by atoms with Gasteiger partial charge in [-0.05, 0) is 43.2 Å². The smallest absolute Gasteiger partial charge is 0.407 e. The van der Waals surface area contributed by atoms with Crippen LogP contribution in [0.1, 0.15) is 12.8 Å². The van der Waals surface area contributed by atoms with Gasteiger partial charge in [-0.1, -0.05) is 0 Å². The molecule has 4 rings (SSSR count).